The molecule has 1 aromatic carbocycles. The molecule has 0 spiro atoms. The fourth-order valence-electron chi connectivity index (χ4n) is 1.81. The standard InChI is InChI=1S/C14H21Br2N/c1-3-17(10-6-7-12(2)15)11-13-8-4-5-9-14(13)16/h4-5,8-9,12H,3,6-7,10-11H2,1-2H3. The Morgan fingerprint density at radius 3 is 2.59 bits per heavy atom. The van der Waals surface area contributed by atoms with Crippen LogP contribution in [0.1, 0.15) is 32.3 Å². The van der Waals surface area contributed by atoms with E-state index >= 15 is 0 Å². The first-order valence-electron chi connectivity index (χ1n) is 6.23. The molecule has 0 aliphatic rings. The number of hydrogen-bond donors (Lipinski definition) is 0. The maximum Gasteiger partial charge on any atom is 0.0244 e. The predicted octanol–water partition coefficient (Wildman–Crippen LogP) is 4.83. The third-order valence-electron chi connectivity index (χ3n) is 2.88. The van der Waals surface area contributed by atoms with Crippen LogP contribution in [0.4, 0.5) is 0 Å². The first kappa shape index (κ1) is 15.2. The fourth-order valence-corrected chi connectivity index (χ4v) is 2.55. The van der Waals surface area contributed by atoms with Crippen LogP contribution in [0.3, 0.4) is 0 Å². The third-order valence-corrected chi connectivity index (χ3v) is 4.11. The number of alkyl halides is 1. The highest BCUT2D eigenvalue weighted by atomic mass is 79.9. The maximum atomic E-state index is 3.61. The van der Waals surface area contributed by atoms with Crippen molar-refractivity contribution >= 4 is 31.9 Å². The molecule has 1 aromatic rings. The van der Waals surface area contributed by atoms with Gasteiger partial charge in [-0.25, -0.2) is 0 Å². The van der Waals surface area contributed by atoms with Crippen molar-refractivity contribution in [2.45, 2.75) is 38.1 Å². The average Bonchev–Trinajstić information content (AvgIpc) is 2.30. The lowest BCUT2D eigenvalue weighted by molar-refractivity contribution is 0.273. The summed E-state index contributed by atoms with van der Waals surface area (Å²) < 4.78 is 1.22. The topological polar surface area (TPSA) is 3.24 Å². The van der Waals surface area contributed by atoms with E-state index in [1.165, 1.54) is 29.4 Å². The van der Waals surface area contributed by atoms with Gasteiger partial charge in [-0.05, 0) is 37.6 Å². The van der Waals surface area contributed by atoms with Gasteiger partial charge >= 0.3 is 0 Å². The Hall–Kier alpha value is 0.140. The quantitative estimate of drug-likeness (QED) is 0.627. The van der Waals surface area contributed by atoms with Crippen LogP contribution in [0, 0.1) is 0 Å². The van der Waals surface area contributed by atoms with Crippen molar-refractivity contribution in [1.29, 1.82) is 0 Å². The molecule has 1 atom stereocenters. The average molecular weight is 363 g/mol. The van der Waals surface area contributed by atoms with E-state index in [1.54, 1.807) is 0 Å². The van der Waals surface area contributed by atoms with Crippen LogP contribution in [-0.2, 0) is 6.54 Å². The van der Waals surface area contributed by atoms with Gasteiger partial charge in [0.05, 0.1) is 0 Å². The van der Waals surface area contributed by atoms with Gasteiger partial charge in [-0.3, -0.25) is 4.90 Å². The minimum Gasteiger partial charge on any atom is -0.299 e. The van der Waals surface area contributed by atoms with E-state index in [9.17, 15) is 0 Å². The zero-order valence-electron chi connectivity index (χ0n) is 10.6. The molecule has 0 heterocycles. The summed E-state index contributed by atoms with van der Waals surface area (Å²) in [5, 5.41) is 0. The summed E-state index contributed by atoms with van der Waals surface area (Å²) in [7, 11) is 0. The minimum atomic E-state index is 0.629. The van der Waals surface area contributed by atoms with Crippen LogP contribution in [0.25, 0.3) is 0 Å². The summed E-state index contributed by atoms with van der Waals surface area (Å²) in [6.45, 7) is 7.76. The summed E-state index contributed by atoms with van der Waals surface area (Å²) in [5.74, 6) is 0. The van der Waals surface area contributed by atoms with Crippen LogP contribution < -0.4 is 0 Å². The summed E-state index contributed by atoms with van der Waals surface area (Å²) in [6.07, 6.45) is 2.50. The lowest BCUT2D eigenvalue weighted by Crippen LogP contribution is -2.24. The van der Waals surface area contributed by atoms with Gasteiger partial charge in [0.2, 0.25) is 0 Å². The molecule has 0 saturated heterocycles. The number of halogens is 2. The monoisotopic (exact) mass is 361 g/mol. The second kappa shape index (κ2) is 8.28. The molecule has 0 fully saturated rings. The number of nitrogens with zero attached hydrogens (tertiary/aromatic N) is 1. The summed E-state index contributed by atoms with van der Waals surface area (Å²) in [4.78, 5) is 3.12. The molecule has 0 amide bonds. The van der Waals surface area contributed by atoms with Crippen LogP contribution >= 0.6 is 31.9 Å². The Bertz CT molecular complexity index is 326. The number of benzene rings is 1. The predicted molar refractivity (Wildman–Crippen MR) is 82.7 cm³/mol. The molecule has 3 heteroatoms. The van der Waals surface area contributed by atoms with Gasteiger partial charge in [0.15, 0.2) is 0 Å². The molecular weight excluding hydrogens is 342 g/mol. The first-order chi connectivity index (χ1) is 8.13. The van der Waals surface area contributed by atoms with E-state index in [4.69, 9.17) is 0 Å². The molecule has 0 saturated carbocycles. The van der Waals surface area contributed by atoms with E-state index in [-0.39, 0.29) is 0 Å². The highest BCUT2D eigenvalue weighted by Gasteiger charge is 2.06. The van der Waals surface area contributed by atoms with Gasteiger partial charge in [0.1, 0.15) is 0 Å². The Morgan fingerprint density at radius 1 is 1.29 bits per heavy atom. The van der Waals surface area contributed by atoms with Gasteiger partial charge < -0.3 is 0 Å². The zero-order valence-corrected chi connectivity index (χ0v) is 13.8. The lowest BCUT2D eigenvalue weighted by atomic mass is 10.2. The molecule has 0 aromatic heterocycles. The van der Waals surface area contributed by atoms with Crippen LogP contribution in [-0.4, -0.2) is 22.8 Å². The van der Waals surface area contributed by atoms with Crippen molar-refractivity contribution in [3.05, 3.63) is 34.3 Å². The molecule has 17 heavy (non-hydrogen) atoms. The Balaban J connectivity index is 2.44. The smallest absolute Gasteiger partial charge is 0.0244 e. The molecule has 96 valence electrons. The Morgan fingerprint density at radius 2 is 2.00 bits per heavy atom. The third kappa shape index (κ3) is 6.03. The second-order valence-corrected chi connectivity index (χ2v) is 6.80. The SMILES string of the molecule is CCN(CCCC(C)Br)Cc1ccccc1Br. The van der Waals surface area contributed by atoms with Crippen LogP contribution in [0.15, 0.2) is 28.7 Å². The normalized spacial score (nSPS) is 13.0. The fraction of sp³-hybridized carbons (Fsp3) is 0.571. The Kier molecular flexibility index (Phi) is 7.40. The maximum absolute atomic E-state index is 3.61. The molecule has 0 radical (unpaired) electrons. The Labute approximate surface area is 122 Å². The molecule has 1 rings (SSSR count). The molecular formula is C14H21Br2N. The van der Waals surface area contributed by atoms with Gasteiger partial charge in [-0.2, -0.15) is 0 Å². The van der Waals surface area contributed by atoms with E-state index in [2.05, 4.69) is 74.9 Å². The van der Waals surface area contributed by atoms with Crippen LogP contribution in [0.2, 0.25) is 0 Å². The first-order valence-corrected chi connectivity index (χ1v) is 7.94. The van der Waals surface area contributed by atoms with Crippen LogP contribution in [0.5, 0.6) is 0 Å². The van der Waals surface area contributed by atoms with Crippen molar-refractivity contribution in [2.24, 2.45) is 0 Å². The lowest BCUT2D eigenvalue weighted by Gasteiger charge is -2.21. The second-order valence-electron chi connectivity index (χ2n) is 4.38. The van der Waals surface area contributed by atoms with Crippen molar-refractivity contribution in [2.75, 3.05) is 13.1 Å². The highest BCUT2D eigenvalue weighted by molar-refractivity contribution is 9.10. The molecule has 0 N–H and O–H groups in total. The largest absolute Gasteiger partial charge is 0.299 e. The van der Waals surface area contributed by atoms with Gasteiger partial charge in [-0.15, -0.1) is 0 Å². The number of hydrogen-bond acceptors (Lipinski definition) is 1. The van der Waals surface area contributed by atoms with Crippen molar-refractivity contribution in [3.63, 3.8) is 0 Å². The van der Waals surface area contributed by atoms with Crippen molar-refractivity contribution < 1.29 is 0 Å². The van der Waals surface area contributed by atoms with Gasteiger partial charge in [-0.1, -0.05) is 63.9 Å². The molecule has 1 unspecified atom stereocenters. The van der Waals surface area contributed by atoms with E-state index < -0.39 is 0 Å². The van der Waals surface area contributed by atoms with Crippen molar-refractivity contribution in [3.8, 4) is 0 Å². The summed E-state index contributed by atoms with van der Waals surface area (Å²) >= 11 is 7.21. The number of rotatable bonds is 7. The summed E-state index contributed by atoms with van der Waals surface area (Å²) in [6, 6.07) is 8.48. The molecule has 1 nitrogen and oxygen atoms in total. The minimum absolute atomic E-state index is 0.629. The summed E-state index contributed by atoms with van der Waals surface area (Å²) in [5.41, 5.74) is 1.38. The highest BCUT2D eigenvalue weighted by Crippen LogP contribution is 2.18. The van der Waals surface area contributed by atoms with Gasteiger partial charge in [0, 0.05) is 15.8 Å². The molecule has 0 aliphatic heterocycles. The van der Waals surface area contributed by atoms with E-state index in [1.807, 2.05) is 0 Å². The molecule has 0 aliphatic carbocycles. The zero-order chi connectivity index (χ0) is 12.7. The van der Waals surface area contributed by atoms with E-state index in [0.29, 0.717) is 4.83 Å². The molecule has 0 bridgehead atoms. The van der Waals surface area contributed by atoms with E-state index in [0.717, 1.165) is 13.1 Å². The van der Waals surface area contributed by atoms with Gasteiger partial charge in [0.25, 0.3) is 0 Å². The van der Waals surface area contributed by atoms with Crippen molar-refractivity contribution in [1.82, 2.24) is 4.90 Å².